The lowest BCUT2D eigenvalue weighted by atomic mass is 9.74. The van der Waals surface area contributed by atoms with E-state index < -0.39 is 5.41 Å². The van der Waals surface area contributed by atoms with Crippen LogP contribution in [0.3, 0.4) is 0 Å². The molecule has 0 fully saturated rings. The molecular formula is C58H45FN2O. The Labute approximate surface area is 363 Å². The fourth-order valence-electron chi connectivity index (χ4n) is 10.1. The molecule has 2 aliphatic carbocycles. The van der Waals surface area contributed by atoms with Crippen LogP contribution in [0, 0.1) is 5.82 Å². The fraction of sp³-hybridized carbons (Fsp3) is 0.103. The van der Waals surface area contributed by atoms with Gasteiger partial charge in [-0.2, -0.15) is 0 Å². The Kier molecular flexibility index (Phi) is 8.69. The second-order valence-electron chi connectivity index (χ2n) is 17.5. The molecule has 1 heterocycles. The summed E-state index contributed by atoms with van der Waals surface area (Å²) in [7, 11) is 0. The normalized spacial score (nSPS) is 13.8. The first kappa shape index (κ1) is 37.6. The summed E-state index contributed by atoms with van der Waals surface area (Å²) in [5, 5.41) is 0. The van der Waals surface area contributed by atoms with Crippen molar-refractivity contribution in [2.45, 2.75) is 38.5 Å². The minimum Gasteiger partial charge on any atom is -0.455 e. The van der Waals surface area contributed by atoms with Crippen molar-refractivity contribution in [1.29, 1.82) is 0 Å². The van der Waals surface area contributed by atoms with E-state index in [1.165, 1.54) is 16.7 Å². The summed E-state index contributed by atoms with van der Waals surface area (Å²) in [5.74, 6) is 1.58. The van der Waals surface area contributed by atoms with E-state index in [0.717, 1.165) is 78.9 Å². The summed E-state index contributed by atoms with van der Waals surface area (Å²) in [6.45, 7) is 9.29. The van der Waals surface area contributed by atoms with Crippen molar-refractivity contribution < 1.29 is 8.81 Å². The van der Waals surface area contributed by atoms with Crippen molar-refractivity contribution >= 4 is 34.1 Å². The van der Waals surface area contributed by atoms with Gasteiger partial charge in [0.2, 0.25) is 0 Å². The average Bonchev–Trinajstić information content (AvgIpc) is 3.89. The molecule has 2 aliphatic rings. The number of benzene rings is 8. The molecule has 0 unspecified atom stereocenters. The molecule has 3 nitrogen and oxygen atoms in total. The smallest absolute Gasteiger partial charge is 0.148 e. The van der Waals surface area contributed by atoms with Crippen LogP contribution in [0.2, 0.25) is 0 Å². The maximum atomic E-state index is 17.3. The third-order valence-corrected chi connectivity index (χ3v) is 13.0. The molecule has 11 rings (SSSR count). The Bertz CT molecular complexity index is 3080. The molecule has 1 aromatic heterocycles. The molecule has 8 aromatic carbocycles. The molecule has 62 heavy (non-hydrogen) atoms. The highest BCUT2D eigenvalue weighted by molar-refractivity contribution is 5.94. The highest BCUT2D eigenvalue weighted by Gasteiger charge is 2.50. The van der Waals surface area contributed by atoms with Gasteiger partial charge in [-0.25, -0.2) is 4.39 Å². The van der Waals surface area contributed by atoms with Crippen LogP contribution in [-0.2, 0) is 10.8 Å². The zero-order chi connectivity index (χ0) is 42.2. The second-order valence-corrected chi connectivity index (χ2v) is 17.5. The standard InChI is InChI=1S/C58H45FN2O/c1-57(2)49-36-44(60(41-24-14-7-15-25-41)42-26-16-8-17-27-42)30-32-46(49)55-52(57)53-56(62-55)47-33-31-45(37-50(47)58(53,3)4)61(43-28-18-9-19-29-43)54-48(39-22-12-6-13-23-39)34-40(35-51(54)59)38-20-10-5-11-21-38/h5-37H,1-4H3. The molecule has 0 amide bonds. The summed E-state index contributed by atoms with van der Waals surface area (Å²) >= 11 is 0. The Morgan fingerprint density at radius 1 is 0.371 bits per heavy atom. The number of rotatable bonds is 8. The molecule has 0 saturated heterocycles. The maximum Gasteiger partial charge on any atom is 0.148 e. The largest absolute Gasteiger partial charge is 0.455 e. The number of fused-ring (bicyclic) bond motifs is 7. The number of para-hydroxylation sites is 3. The van der Waals surface area contributed by atoms with E-state index in [1.807, 2.05) is 66.7 Å². The number of hydrogen-bond donors (Lipinski definition) is 0. The van der Waals surface area contributed by atoms with Crippen LogP contribution >= 0.6 is 0 Å². The van der Waals surface area contributed by atoms with Crippen molar-refractivity contribution in [2.75, 3.05) is 9.80 Å². The Hall–Kier alpha value is -7.43. The summed E-state index contributed by atoms with van der Waals surface area (Å²) < 4.78 is 24.4. The summed E-state index contributed by atoms with van der Waals surface area (Å²) in [6.07, 6.45) is 0. The zero-order valence-corrected chi connectivity index (χ0v) is 35.2. The first-order chi connectivity index (χ1) is 30.2. The van der Waals surface area contributed by atoms with Crippen molar-refractivity contribution in [3.63, 3.8) is 0 Å². The Morgan fingerprint density at radius 2 is 0.774 bits per heavy atom. The average molecular weight is 805 g/mol. The minimum absolute atomic E-state index is 0.296. The van der Waals surface area contributed by atoms with Gasteiger partial charge in [0, 0.05) is 67.1 Å². The molecule has 4 heteroatoms. The Balaban J connectivity index is 1.04. The monoisotopic (exact) mass is 804 g/mol. The number of anilines is 6. The first-order valence-corrected chi connectivity index (χ1v) is 21.4. The van der Waals surface area contributed by atoms with Crippen LogP contribution in [0.5, 0.6) is 0 Å². The molecule has 0 N–H and O–H groups in total. The lowest BCUT2D eigenvalue weighted by Gasteiger charge is -2.31. The van der Waals surface area contributed by atoms with Gasteiger partial charge in [-0.3, -0.25) is 0 Å². The predicted octanol–water partition coefficient (Wildman–Crippen LogP) is 16.3. The minimum atomic E-state index is -0.416. The van der Waals surface area contributed by atoms with Gasteiger partial charge in [-0.05, 0) is 113 Å². The molecule has 300 valence electrons. The maximum absolute atomic E-state index is 17.3. The van der Waals surface area contributed by atoms with Crippen LogP contribution in [0.4, 0.5) is 38.5 Å². The quantitative estimate of drug-likeness (QED) is 0.153. The van der Waals surface area contributed by atoms with Gasteiger partial charge in [0.15, 0.2) is 0 Å². The van der Waals surface area contributed by atoms with Crippen molar-refractivity contribution in [3.05, 3.63) is 228 Å². The van der Waals surface area contributed by atoms with Crippen LogP contribution in [-0.4, -0.2) is 0 Å². The van der Waals surface area contributed by atoms with Gasteiger partial charge >= 0.3 is 0 Å². The van der Waals surface area contributed by atoms with E-state index in [9.17, 15) is 0 Å². The Morgan fingerprint density at radius 3 is 1.24 bits per heavy atom. The van der Waals surface area contributed by atoms with Crippen LogP contribution in [0.15, 0.2) is 205 Å². The number of halogens is 1. The summed E-state index contributed by atoms with van der Waals surface area (Å²) in [5.41, 5.74) is 15.4. The van der Waals surface area contributed by atoms with E-state index in [4.69, 9.17) is 4.42 Å². The van der Waals surface area contributed by atoms with Crippen LogP contribution < -0.4 is 9.80 Å². The van der Waals surface area contributed by atoms with Gasteiger partial charge in [-0.1, -0.05) is 143 Å². The van der Waals surface area contributed by atoms with E-state index in [-0.39, 0.29) is 11.2 Å². The molecule has 9 aromatic rings. The van der Waals surface area contributed by atoms with Gasteiger partial charge in [0.05, 0.1) is 5.69 Å². The van der Waals surface area contributed by atoms with E-state index in [1.54, 1.807) is 6.07 Å². The third-order valence-electron chi connectivity index (χ3n) is 13.0. The molecule has 0 saturated carbocycles. The van der Waals surface area contributed by atoms with Gasteiger partial charge in [-0.15, -0.1) is 0 Å². The molecule has 0 bridgehead atoms. The highest BCUT2D eigenvalue weighted by atomic mass is 19.1. The molecule has 0 spiro atoms. The molecular weight excluding hydrogens is 760 g/mol. The van der Waals surface area contributed by atoms with Crippen molar-refractivity contribution in [3.8, 4) is 44.9 Å². The van der Waals surface area contributed by atoms with Gasteiger partial charge in [0.1, 0.15) is 17.3 Å². The number of furan rings is 1. The van der Waals surface area contributed by atoms with Crippen molar-refractivity contribution in [1.82, 2.24) is 0 Å². The lowest BCUT2D eigenvalue weighted by Crippen LogP contribution is -2.23. The zero-order valence-electron chi connectivity index (χ0n) is 35.2. The van der Waals surface area contributed by atoms with E-state index in [0.29, 0.717) is 5.69 Å². The van der Waals surface area contributed by atoms with Crippen molar-refractivity contribution in [2.24, 2.45) is 0 Å². The number of nitrogens with zero attached hydrogens (tertiary/aromatic N) is 2. The van der Waals surface area contributed by atoms with E-state index >= 15 is 4.39 Å². The van der Waals surface area contributed by atoms with E-state index in [2.05, 4.69) is 165 Å². The van der Waals surface area contributed by atoms with Crippen LogP contribution in [0.25, 0.3) is 44.9 Å². The topological polar surface area (TPSA) is 19.6 Å². The van der Waals surface area contributed by atoms with Gasteiger partial charge < -0.3 is 14.2 Å². The molecule has 0 radical (unpaired) electrons. The summed E-state index contributed by atoms with van der Waals surface area (Å²) in [4.78, 5) is 4.40. The molecule has 0 atom stereocenters. The second kappa shape index (κ2) is 14.4. The fourth-order valence-corrected chi connectivity index (χ4v) is 10.1. The first-order valence-electron chi connectivity index (χ1n) is 21.4. The SMILES string of the molecule is CC1(C)c2cc(N(c3ccccc3)c3ccccc3)ccc2-c2oc3c(c21)C(C)(C)c1cc(N(c2ccccc2)c2c(F)cc(-c4ccccc4)cc2-c2ccccc2)ccc1-3. The lowest BCUT2D eigenvalue weighted by molar-refractivity contribution is 0.592. The molecule has 0 aliphatic heterocycles. The highest BCUT2D eigenvalue weighted by Crippen LogP contribution is 2.62. The number of hydrogen-bond acceptors (Lipinski definition) is 3. The van der Waals surface area contributed by atoms with Crippen LogP contribution in [0.1, 0.15) is 49.9 Å². The third kappa shape index (κ3) is 5.85. The summed E-state index contributed by atoms with van der Waals surface area (Å²) in [6, 6.07) is 68.6. The van der Waals surface area contributed by atoms with Gasteiger partial charge in [0.25, 0.3) is 0 Å². The predicted molar refractivity (Wildman–Crippen MR) is 254 cm³/mol.